The average Bonchev–Trinajstić information content (AvgIpc) is 3.29. The molecule has 2 aliphatic rings. The van der Waals surface area contributed by atoms with Gasteiger partial charge in [0.2, 0.25) is 12.5 Å². The van der Waals surface area contributed by atoms with E-state index in [9.17, 15) is 5.11 Å². The van der Waals surface area contributed by atoms with Gasteiger partial charge in [-0.25, -0.2) is 0 Å². The van der Waals surface area contributed by atoms with Crippen LogP contribution in [0.4, 0.5) is 0 Å². The zero-order valence-corrected chi connectivity index (χ0v) is 20.3. The summed E-state index contributed by atoms with van der Waals surface area (Å²) in [5.41, 5.74) is 4.62. The summed E-state index contributed by atoms with van der Waals surface area (Å²) < 4.78 is 25.3. The lowest BCUT2D eigenvalue weighted by atomic mass is 9.95. The summed E-state index contributed by atoms with van der Waals surface area (Å²) in [5, 5.41) is 11.8. The molecule has 4 aromatic rings. The van der Waals surface area contributed by atoms with E-state index in [0.29, 0.717) is 18.8 Å². The van der Waals surface area contributed by atoms with Crippen molar-refractivity contribution < 1.29 is 45.6 Å². The number of hydrogen-bond donors (Lipinski definition) is 1. The van der Waals surface area contributed by atoms with Crippen molar-refractivity contribution in [3.8, 4) is 40.0 Å². The molecule has 3 aromatic carbocycles. The van der Waals surface area contributed by atoms with Gasteiger partial charge in [0.25, 0.3) is 0 Å². The lowest BCUT2D eigenvalue weighted by Gasteiger charge is -2.18. The molecule has 0 amide bonds. The molecule has 34 heavy (non-hydrogen) atoms. The van der Waals surface area contributed by atoms with Crippen LogP contribution in [-0.4, -0.2) is 25.6 Å². The summed E-state index contributed by atoms with van der Waals surface area (Å²) in [6.45, 7) is 1.63. The second-order valence-electron chi connectivity index (χ2n) is 8.33. The van der Waals surface area contributed by atoms with Crippen LogP contribution in [0.1, 0.15) is 11.1 Å². The standard InChI is InChI=1S/C27H23NO5.BrH/c1-30-24-6-5-18-12-23-21-14-26-25(32-16-33-26)13-19(21)7-9-28(23)15-22(18)27(24)31-10-8-17-3-2-4-20(29)11-17;/h2-6,11-15H,7-10,16H2,1H3;1H. The number of aromatic hydroxyl groups is 1. The van der Waals surface area contributed by atoms with Crippen LogP contribution in [0, 0.1) is 0 Å². The van der Waals surface area contributed by atoms with Crippen LogP contribution in [0.3, 0.4) is 0 Å². The van der Waals surface area contributed by atoms with E-state index in [1.54, 1.807) is 19.2 Å². The maximum atomic E-state index is 9.71. The number of nitrogens with zero attached hydrogens (tertiary/aromatic N) is 1. The number of rotatable bonds is 5. The second kappa shape index (κ2) is 9.06. The number of methoxy groups -OCH3 is 1. The number of pyridine rings is 1. The fraction of sp³-hybridized carbons (Fsp3) is 0.222. The number of ether oxygens (including phenoxy) is 4. The van der Waals surface area contributed by atoms with Gasteiger partial charge < -0.3 is 41.0 Å². The summed E-state index contributed by atoms with van der Waals surface area (Å²) in [6, 6.07) is 17.7. The fourth-order valence-electron chi connectivity index (χ4n) is 4.69. The van der Waals surface area contributed by atoms with Crippen LogP contribution in [0.5, 0.6) is 28.7 Å². The Morgan fingerprint density at radius 1 is 1.03 bits per heavy atom. The molecule has 174 valence electrons. The van der Waals surface area contributed by atoms with Crippen LogP contribution in [0.2, 0.25) is 0 Å². The first-order valence-corrected chi connectivity index (χ1v) is 11.1. The van der Waals surface area contributed by atoms with Gasteiger partial charge in [-0.3, -0.25) is 0 Å². The fourth-order valence-corrected chi connectivity index (χ4v) is 4.69. The van der Waals surface area contributed by atoms with Crippen LogP contribution in [0.25, 0.3) is 22.0 Å². The van der Waals surface area contributed by atoms with Crippen molar-refractivity contribution in [2.24, 2.45) is 0 Å². The van der Waals surface area contributed by atoms with Gasteiger partial charge in [0.05, 0.1) is 24.7 Å². The number of aromatic nitrogens is 1. The second-order valence-corrected chi connectivity index (χ2v) is 8.33. The van der Waals surface area contributed by atoms with Gasteiger partial charge in [-0.1, -0.05) is 12.1 Å². The third-order valence-electron chi connectivity index (χ3n) is 6.34. The predicted molar refractivity (Wildman–Crippen MR) is 123 cm³/mol. The van der Waals surface area contributed by atoms with Crippen molar-refractivity contribution in [3.05, 3.63) is 71.9 Å². The maximum Gasteiger partial charge on any atom is 0.231 e. The minimum Gasteiger partial charge on any atom is -1.00 e. The number of benzene rings is 3. The SMILES string of the molecule is COc1ccc2cc3[n+](cc2c1OCCc1cccc(O)c1)CCc1cc2c(cc1-3)OCO2.[Br-]. The van der Waals surface area contributed by atoms with Crippen LogP contribution >= 0.6 is 0 Å². The van der Waals surface area contributed by atoms with Crippen molar-refractivity contribution in [1.82, 2.24) is 0 Å². The number of phenols is 1. The van der Waals surface area contributed by atoms with E-state index in [4.69, 9.17) is 18.9 Å². The highest BCUT2D eigenvalue weighted by Crippen LogP contribution is 2.41. The number of hydrogen-bond acceptors (Lipinski definition) is 5. The third kappa shape index (κ3) is 3.90. The zero-order chi connectivity index (χ0) is 22.4. The molecule has 6 rings (SSSR count). The first-order valence-electron chi connectivity index (χ1n) is 11.1. The molecule has 0 bridgehead atoms. The van der Waals surface area contributed by atoms with Crippen molar-refractivity contribution >= 4 is 10.8 Å². The van der Waals surface area contributed by atoms with E-state index in [1.165, 1.54) is 11.1 Å². The molecule has 0 radical (unpaired) electrons. The third-order valence-corrected chi connectivity index (χ3v) is 6.34. The number of phenolic OH excluding ortho intramolecular Hbond substituents is 1. The van der Waals surface area contributed by atoms with Gasteiger partial charge in [0, 0.05) is 18.9 Å². The molecule has 3 heterocycles. The average molecular weight is 522 g/mol. The Hall–Kier alpha value is -3.45. The van der Waals surface area contributed by atoms with E-state index >= 15 is 0 Å². The molecule has 0 unspecified atom stereocenters. The first-order chi connectivity index (χ1) is 16.2. The predicted octanol–water partition coefficient (Wildman–Crippen LogP) is 1.42. The molecule has 1 aromatic heterocycles. The molecule has 0 spiro atoms. The molecule has 7 heteroatoms. The number of aryl methyl sites for hydroxylation is 2. The Morgan fingerprint density at radius 3 is 2.71 bits per heavy atom. The van der Waals surface area contributed by atoms with Crippen LogP contribution < -0.4 is 40.5 Å². The molecule has 0 atom stereocenters. The van der Waals surface area contributed by atoms with Crippen LogP contribution in [0.15, 0.2) is 60.8 Å². The minimum absolute atomic E-state index is 0. The lowest BCUT2D eigenvalue weighted by Crippen LogP contribution is -3.00. The number of halogens is 1. The molecule has 0 saturated heterocycles. The van der Waals surface area contributed by atoms with Gasteiger partial charge in [0.15, 0.2) is 35.7 Å². The van der Waals surface area contributed by atoms with E-state index in [1.807, 2.05) is 18.2 Å². The van der Waals surface area contributed by atoms with Crippen molar-refractivity contribution in [2.75, 3.05) is 20.5 Å². The zero-order valence-electron chi connectivity index (χ0n) is 18.7. The minimum atomic E-state index is 0. The quantitative estimate of drug-likeness (QED) is 0.402. The Kier molecular flexibility index (Phi) is 5.96. The molecular weight excluding hydrogens is 498 g/mol. The molecule has 6 nitrogen and oxygen atoms in total. The topological polar surface area (TPSA) is 61.0 Å². The molecule has 1 N–H and O–H groups in total. The Balaban J connectivity index is 0.00000241. The Labute approximate surface area is 208 Å². The summed E-state index contributed by atoms with van der Waals surface area (Å²) in [4.78, 5) is 0. The molecule has 2 aliphatic heterocycles. The van der Waals surface area contributed by atoms with Crippen molar-refractivity contribution in [3.63, 3.8) is 0 Å². The van der Waals surface area contributed by atoms with E-state index in [-0.39, 0.29) is 29.5 Å². The largest absolute Gasteiger partial charge is 1.00 e. The molecule has 0 fully saturated rings. The Morgan fingerprint density at radius 2 is 1.88 bits per heavy atom. The first kappa shape index (κ1) is 22.3. The smallest absolute Gasteiger partial charge is 0.231 e. The monoisotopic (exact) mass is 521 g/mol. The maximum absolute atomic E-state index is 9.71. The highest BCUT2D eigenvalue weighted by atomic mass is 79.9. The van der Waals surface area contributed by atoms with Crippen molar-refractivity contribution in [2.45, 2.75) is 19.4 Å². The van der Waals surface area contributed by atoms with Gasteiger partial charge in [-0.05, 0) is 52.9 Å². The normalized spacial score (nSPS) is 13.1. The summed E-state index contributed by atoms with van der Waals surface area (Å²) in [7, 11) is 1.66. The molecule has 0 aliphatic carbocycles. The summed E-state index contributed by atoms with van der Waals surface area (Å²) in [6.07, 6.45) is 3.77. The van der Waals surface area contributed by atoms with E-state index in [0.717, 1.165) is 52.2 Å². The molecule has 0 saturated carbocycles. The Bertz CT molecular complexity index is 1390. The van der Waals surface area contributed by atoms with E-state index < -0.39 is 0 Å². The van der Waals surface area contributed by atoms with Crippen LogP contribution in [-0.2, 0) is 19.4 Å². The van der Waals surface area contributed by atoms with Gasteiger partial charge >= 0.3 is 0 Å². The van der Waals surface area contributed by atoms with E-state index in [2.05, 4.69) is 35.0 Å². The van der Waals surface area contributed by atoms with Gasteiger partial charge in [-0.2, -0.15) is 4.57 Å². The highest BCUT2D eigenvalue weighted by Gasteiger charge is 2.28. The lowest BCUT2D eigenvalue weighted by molar-refractivity contribution is -0.686. The van der Waals surface area contributed by atoms with Gasteiger partial charge in [0.1, 0.15) is 5.75 Å². The van der Waals surface area contributed by atoms with Gasteiger partial charge in [-0.15, -0.1) is 0 Å². The number of fused-ring (bicyclic) bond motifs is 5. The summed E-state index contributed by atoms with van der Waals surface area (Å²) in [5.74, 6) is 3.34. The summed E-state index contributed by atoms with van der Waals surface area (Å²) >= 11 is 0. The molecular formula is C27H24BrNO5. The highest BCUT2D eigenvalue weighted by molar-refractivity contribution is 5.91. The van der Waals surface area contributed by atoms with Crippen molar-refractivity contribution in [1.29, 1.82) is 0 Å².